The van der Waals surface area contributed by atoms with E-state index in [9.17, 15) is 0 Å². The summed E-state index contributed by atoms with van der Waals surface area (Å²) in [6.07, 6.45) is 3.21. The van der Waals surface area contributed by atoms with Crippen LogP contribution in [0.15, 0.2) is 25.3 Å². The van der Waals surface area contributed by atoms with Crippen LogP contribution in [0.2, 0.25) is 0 Å². The fourth-order valence-electron chi connectivity index (χ4n) is 0.336. The largest absolute Gasteiger partial charge is 0.571 e. The van der Waals surface area contributed by atoms with Crippen LogP contribution in [0, 0.1) is 0 Å². The first-order valence-electron chi connectivity index (χ1n) is 2.90. The van der Waals surface area contributed by atoms with E-state index >= 15 is 0 Å². The molecule has 0 heterocycles. The van der Waals surface area contributed by atoms with Crippen molar-refractivity contribution in [3.8, 4) is 0 Å². The molecule has 0 spiro atoms. The maximum Gasteiger partial charge on any atom is 0.571 e. The molecule has 0 radical (unpaired) electrons. The number of hydrogen-bond acceptors (Lipinski definition) is 2. The minimum atomic E-state index is -0.698. The van der Waals surface area contributed by atoms with E-state index in [-0.39, 0.29) is 0 Å². The molecule has 0 unspecified atom stereocenters. The smallest absolute Gasteiger partial charge is 0.394 e. The van der Waals surface area contributed by atoms with Gasteiger partial charge in [-0.25, -0.2) is 0 Å². The van der Waals surface area contributed by atoms with Crippen molar-refractivity contribution in [1.29, 1.82) is 0 Å². The monoisotopic (exact) mass is 160 g/mol. The van der Waals surface area contributed by atoms with E-state index in [1.165, 1.54) is 0 Å². The molecule has 0 rings (SSSR count). The summed E-state index contributed by atoms with van der Waals surface area (Å²) in [5.41, 5.74) is 0. The molecular weight excluding hydrogens is 150 g/mol. The second-order valence-corrected chi connectivity index (χ2v) is 1.87. The van der Waals surface area contributed by atoms with E-state index in [1.54, 1.807) is 12.2 Å². The van der Waals surface area contributed by atoms with Gasteiger partial charge in [0, 0.05) is 0 Å². The van der Waals surface area contributed by atoms with Crippen molar-refractivity contribution < 1.29 is 9.31 Å². The minimum absolute atomic E-state index is 0.394. The summed E-state index contributed by atoms with van der Waals surface area (Å²) in [6, 6.07) is 0. The number of hydrogen-bond donors (Lipinski definition) is 0. The maximum absolute atomic E-state index is 5.50. The topological polar surface area (TPSA) is 18.5 Å². The Morgan fingerprint density at radius 3 is 1.90 bits per heavy atom. The van der Waals surface area contributed by atoms with Crippen LogP contribution in [0.5, 0.6) is 0 Å². The predicted octanol–water partition coefficient (Wildman–Crippen LogP) is 1.62. The Labute approximate surface area is 66.5 Å². The van der Waals surface area contributed by atoms with Crippen LogP contribution in [0.3, 0.4) is 0 Å². The van der Waals surface area contributed by atoms with Gasteiger partial charge in [0.1, 0.15) is 0 Å². The molecule has 0 aromatic carbocycles. The van der Waals surface area contributed by atoms with Gasteiger partial charge in [-0.2, -0.15) is 0 Å². The van der Waals surface area contributed by atoms with Crippen LogP contribution in [0.25, 0.3) is 0 Å². The number of rotatable bonds is 6. The molecule has 0 aliphatic rings. The van der Waals surface area contributed by atoms with Gasteiger partial charge < -0.3 is 9.31 Å². The lowest BCUT2D eigenvalue weighted by Gasteiger charge is -2.03. The van der Waals surface area contributed by atoms with Crippen molar-refractivity contribution in [2.45, 2.75) is 0 Å². The van der Waals surface area contributed by atoms with Crippen molar-refractivity contribution in [2.75, 3.05) is 13.2 Å². The highest BCUT2D eigenvalue weighted by atomic mass is 35.5. The first-order chi connectivity index (χ1) is 4.81. The maximum atomic E-state index is 5.50. The van der Waals surface area contributed by atoms with Gasteiger partial charge in [0.05, 0.1) is 13.2 Å². The van der Waals surface area contributed by atoms with Crippen LogP contribution < -0.4 is 0 Å². The summed E-state index contributed by atoms with van der Waals surface area (Å²) < 4.78 is 9.74. The third-order valence-electron chi connectivity index (χ3n) is 0.690. The summed E-state index contributed by atoms with van der Waals surface area (Å²) in [5, 5.41) is 0. The summed E-state index contributed by atoms with van der Waals surface area (Å²) in [6.45, 7) is 7.00. The van der Waals surface area contributed by atoms with Gasteiger partial charge in [-0.05, 0) is 0 Å². The average Bonchev–Trinajstić information content (AvgIpc) is 1.97. The molecule has 0 fully saturated rings. The molecule has 56 valence electrons. The van der Waals surface area contributed by atoms with Gasteiger partial charge in [0.25, 0.3) is 0 Å². The third kappa shape index (κ3) is 5.88. The molecular formula is C6H10BClO2. The normalized spacial score (nSPS) is 8.90. The van der Waals surface area contributed by atoms with Gasteiger partial charge >= 0.3 is 6.53 Å². The summed E-state index contributed by atoms with van der Waals surface area (Å²) >= 11 is 5.50. The highest BCUT2D eigenvalue weighted by molar-refractivity contribution is 6.99. The van der Waals surface area contributed by atoms with E-state index < -0.39 is 6.53 Å². The highest BCUT2D eigenvalue weighted by Crippen LogP contribution is 1.94. The third-order valence-corrected chi connectivity index (χ3v) is 0.942. The zero-order chi connectivity index (χ0) is 7.82. The lowest BCUT2D eigenvalue weighted by atomic mass is 10.3. The molecule has 0 amide bonds. The van der Waals surface area contributed by atoms with Gasteiger partial charge in [-0.15, -0.1) is 24.6 Å². The van der Waals surface area contributed by atoms with Gasteiger partial charge in [-0.3, -0.25) is 0 Å². The van der Waals surface area contributed by atoms with E-state index in [0.29, 0.717) is 13.2 Å². The molecule has 0 atom stereocenters. The Kier molecular flexibility index (Phi) is 6.70. The predicted molar refractivity (Wildman–Crippen MR) is 43.9 cm³/mol. The highest BCUT2D eigenvalue weighted by Gasteiger charge is 2.11. The lowest BCUT2D eigenvalue weighted by molar-refractivity contribution is 0.252. The Bertz CT molecular complexity index is 95.9. The zero-order valence-corrected chi connectivity index (χ0v) is 6.51. The fraction of sp³-hybridized carbons (Fsp3) is 0.333. The SMILES string of the molecule is C=CCOB(Cl)OCC=C. The molecule has 0 N–H and O–H groups in total. The Balaban J connectivity index is 3.15. The molecule has 0 saturated carbocycles. The van der Waals surface area contributed by atoms with Crippen molar-refractivity contribution in [2.24, 2.45) is 0 Å². The van der Waals surface area contributed by atoms with Crippen LogP contribution in [0.4, 0.5) is 0 Å². The molecule has 0 bridgehead atoms. The van der Waals surface area contributed by atoms with E-state index in [2.05, 4.69) is 13.2 Å². The fourth-order valence-corrected chi connectivity index (χ4v) is 0.481. The van der Waals surface area contributed by atoms with Crippen LogP contribution >= 0.6 is 11.5 Å². The Morgan fingerprint density at radius 1 is 1.20 bits per heavy atom. The lowest BCUT2D eigenvalue weighted by Crippen LogP contribution is -2.15. The second-order valence-electron chi connectivity index (χ2n) is 1.52. The molecule has 0 aliphatic carbocycles. The van der Waals surface area contributed by atoms with E-state index in [0.717, 1.165) is 0 Å². The van der Waals surface area contributed by atoms with E-state index in [4.69, 9.17) is 20.8 Å². The first-order valence-corrected chi connectivity index (χ1v) is 3.34. The standard InChI is InChI=1S/C6H10BClO2/c1-3-5-9-7(8)10-6-4-2/h3-4H,1-2,5-6H2. The van der Waals surface area contributed by atoms with Crippen LogP contribution in [-0.4, -0.2) is 19.7 Å². The molecule has 0 aliphatic heterocycles. The number of halogens is 1. The van der Waals surface area contributed by atoms with Crippen molar-refractivity contribution in [3.63, 3.8) is 0 Å². The minimum Gasteiger partial charge on any atom is -0.394 e. The van der Waals surface area contributed by atoms with E-state index in [1.807, 2.05) is 0 Å². The quantitative estimate of drug-likeness (QED) is 0.434. The summed E-state index contributed by atoms with van der Waals surface area (Å²) in [5.74, 6) is 0. The van der Waals surface area contributed by atoms with Gasteiger partial charge in [0.2, 0.25) is 0 Å². The average molecular weight is 160 g/mol. The van der Waals surface area contributed by atoms with Crippen molar-refractivity contribution >= 4 is 18.0 Å². The molecule has 0 aromatic heterocycles. The molecule has 0 saturated heterocycles. The molecule has 0 aromatic rings. The van der Waals surface area contributed by atoms with Crippen LogP contribution in [-0.2, 0) is 9.31 Å². The molecule has 4 heteroatoms. The van der Waals surface area contributed by atoms with Gasteiger partial charge in [0.15, 0.2) is 0 Å². The zero-order valence-electron chi connectivity index (χ0n) is 5.75. The van der Waals surface area contributed by atoms with Gasteiger partial charge in [-0.1, -0.05) is 12.2 Å². The Hall–Kier alpha value is -0.245. The van der Waals surface area contributed by atoms with Crippen molar-refractivity contribution in [3.05, 3.63) is 25.3 Å². The first kappa shape index (κ1) is 9.75. The second kappa shape index (κ2) is 6.87. The summed E-state index contributed by atoms with van der Waals surface area (Å²) in [4.78, 5) is 0. The Morgan fingerprint density at radius 2 is 1.60 bits per heavy atom. The van der Waals surface area contributed by atoms with Crippen LogP contribution in [0.1, 0.15) is 0 Å². The van der Waals surface area contributed by atoms with Crippen molar-refractivity contribution in [1.82, 2.24) is 0 Å². The molecule has 10 heavy (non-hydrogen) atoms. The molecule has 2 nitrogen and oxygen atoms in total. The summed E-state index contributed by atoms with van der Waals surface area (Å²) in [7, 11) is 0.